The molecule has 1 aliphatic rings. The largest absolute Gasteiger partial charge is 0.309 e. The summed E-state index contributed by atoms with van der Waals surface area (Å²) in [7, 11) is 2.26. The first kappa shape index (κ1) is 14.5. The summed E-state index contributed by atoms with van der Waals surface area (Å²) in [6, 6.07) is 7.35. The number of aryl methyl sites for hydroxylation is 2. The molecule has 2 rings (SSSR count). The Morgan fingerprint density at radius 1 is 1.21 bits per heavy atom. The number of benzene rings is 1. The van der Waals surface area contributed by atoms with Crippen LogP contribution in [0.5, 0.6) is 0 Å². The Labute approximate surface area is 118 Å². The van der Waals surface area contributed by atoms with E-state index in [1.54, 1.807) is 0 Å². The number of rotatable bonds is 7. The molecule has 19 heavy (non-hydrogen) atoms. The van der Waals surface area contributed by atoms with Crippen molar-refractivity contribution in [2.24, 2.45) is 5.92 Å². The lowest BCUT2D eigenvalue weighted by Gasteiger charge is -2.25. The highest BCUT2D eigenvalue weighted by molar-refractivity contribution is 5.30. The van der Waals surface area contributed by atoms with Gasteiger partial charge in [-0.2, -0.15) is 0 Å². The van der Waals surface area contributed by atoms with Gasteiger partial charge in [-0.15, -0.1) is 0 Å². The van der Waals surface area contributed by atoms with E-state index in [0.29, 0.717) is 6.04 Å². The van der Waals surface area contributed by atoms with Crippen LogP contribution in [0.2, 0.25) is 0 Å². The molecule has 1 aromatic carbocycles. The zero-order valence-corrected chi connectivity index (χ0v) is 12.9. The van der Waals surface area contributed by atoms with Gasteiger partial charge in [0.15, 0.2) is 0 Å². The molecule has 2 heteroatoms. The predicted octanol–water partition coefficient (Wildman–Crippen LogP) is 3.30. The van der Waals surface area contributed by atoms with Crippen molar-refractivity contribution in [3.8, 4) is 0 Å². The lowest BCUT2D eigenvalue weighted by Crippen LogP contribution is -2.34. The summed E-state index contributed by atoms with van der Waals surface area (Å²) in [5.74, 6) is 0.964. The molecule has 2 nitrogen and oxygen atoms in total. The molecule has 0 amide bonds. The fourth-order valence-corrected chi connectivity index (χ4v) is 2.87. The topological polar surface area (TPSA) is 15.3 Å². The number of likely N-dealkylation sites (N-methyl/N-ethyl adjacent to an activating group) is 2. The van der Waals surface area contributed by atoms with Crippen molar-refractivity contribution in [2.45, 2.75) is 39.7 Å². The van der Waals surface area contributed by atoms with E-state index in [4.69, 9.17) is 0 Å². The molecular formula is C17H28N2. The lowest BCUT2D eigenvalue weighted by atomic mass is 10.0. The Bertz CT molecular complexity index is 389. The minimum atomic E-state index is 0.451. The fourth-order valence-electron chi connectivity index (χ4n) is 2.87. The lowest BCUT2D eigenvalue weighted by molar-refractivity contribution is 0.282. The van der Waals surface area contributed by atoms with E-state index < -0.39 is 0 Å². The van der Waals surface area contributed by atoms with Crippen LogP contribution >= 0.6 is 0 Å². The normalized spacial score (nSPS) is 16.9. The van der Waals surface area contributed by atoms with Crippen LogP contribution in [-0.4, -0.2) is 31.6 Å². The molecular weight excluding hydrogens is 232 g/mol. The van der Waals surface area contributed by atoms with E-state index in [2.05, 4.69) is 56.2 Å². The molecule has 0 radical (unpaired) electrons. The monoisotopic (exact) mass is 260 g/mol. The Balaban J connectivity index is 2.04. The molecule has 1 N–H and O–H groups in total. The van der Waals surface area contributed by atoms with E-state index in [1.165, 1.54) is 36.1 Å². The number of hydrogen-bond donors (Lipinski definition) is 1. The van der Waals surface area contributed by atoms with E-state index in [-0.39, 0.29) is 0 Å². The van der Waals surface area contributed by atoms with Crippen LogP contribution in [-0.2, 0) is 0 Å². The standard InChI is InChI=1S/C17H28N2/c1-5-18-17(12-19(4)11-15-6-7-15)16-9-13(2)8-14(3)10-16/h8-10,15,17-18H,5-7,11-12H2,1-4H3. The summed E-state index contributed by atoms with van der Waals surface area (Å²) in [4.78, 5) is 2.49. The number of hydrogen-bond acceptors (Lipinski definition) is 2. The van der Waals surface area contributed by atoms with Crippen molar-refractivity contribution in [1.82, 2.24) is 10.2 Å². The highest BCUT2D eigenvalue weighted by Gasteiger charge is 2.24. The van der Waals surface area contributed by atoms with E-state index >= 15 is 0 Å². The molecule has 0 aromatic heterocycles. The van der Waals surface area contributed by atoms with Crippen LogP contribution in [0.4, 0.5) is 0 Å². The Morgan fingerprint density at radius 3 is 2.37 bits per heavy atom. The number of nitrogens with zero attached hydrogens (tertiary/aromatic N) is 1. The molecule has 0 saturated heterocycles. The van der Waals surface area contributed by atoms with Crippen LogP contribution in [0.3, 0.4) is 0 Å². The first-order valence-electron chi connectivity index (χ1n) is 7.58. The quantitative estimate of drug-likeness (QED) is 0.809. The van der Waals surface area contributed by atoms with Crippen LogP contribution in [0.15, 0.2) is 18.2 Å². The molecule has 0 bridgehead atoms. The summed E-state index contributed by atoms with van der Waals surface area (Å²) >= 11 is 0. The molecule has 1 aliphatic carbocycles. The Kier molecular flexibility index (Phi) is 5.00. The van der Waals surface area contributed by atoms with Gasteiger partial charge in [-0.05, 0) is 51.8 Å². The van der Waals surface area contributed by atoms with Gasteiger partial charge in [-0.3, -0.25) is 0 Å². The first-order valence-corrected chi connectivity index (χ1v) is 7.58. The molecule has 106 valence electrons. The van der Waals surface area contributed by atoms with E-state index in [1.807, 2.05) is 0 Å². The van der Waals surface area contributed by atoms with Crippen LogP contribution in [0, 0.1) is 19.8 Å². The third kappa shape index (κ3) is 4.63. The van der Waals surface area contributed by atoms with Gasteiger partial charge in [0.05, 0.1) is 0 Å². The fraction of sp³-hybridized carbons (Fsp3) is 0.647. The van der Waals surface area contributed by atoms with Crippen molar-refractivity contribution < 1.29 is 0 Å². The highest BCUT2D eigenvalue weighted by atomic mass is 15.1. The van der Waals surface area contributed by atoms with Crippen molar-refractivity contribution in [3.05, 3.63) is 34.9 Å². The molecule has 1 atom stereocenters. The van der Waals surface area contributed by atoms with Crippen molar-refractivity contribution >= 4 is 0 Å². The second-order valence-corrected chi connectivity index (χ2v) is 6.20. The maximum absolute atomic E-state index is 3.64. The zero-order valence-electron chi connectivity index (χ0n) is 12.9. The maximum Gasteiger partial charge on any atom is 0.0449 e. The molecule has 0 spiro atoms. The van der Waals surface area contributed by atoms with Gasteiger partial charge >= 0.3 is 0 Å². The summed E-state index contributed by atoms with van der Waals surface area (Å²) in [6.45, 7) is 9.95. The van der Waals surface area contributed by atoms with Crippen LogP contribution in [0.1, 0.15) is 42.5 Å². The Morgan fingerprint density at radius 2 is 1.84 bits per heavy atom. The van der Waals surface area contributed by atoms with E-state index in [0.717, 1.165) is 19.0 Å². The summed E-state index contributed by atoms with van der Waals surface area (Å²) in [5, 5.41) is 3.64. The molecule has 1 aromatic rings. The summed E-state index contributed by atoms with van der Waals surface area (Å²) in [6.07, 6.45) is 2.86. The summed E-state index contributed by atoms with van der Waals surface area (Å²) in [5.41, 5.74) is 4.16. The predicted molar refractivity (Wildman–Crippen MR) is 82.6 cm³/mol. The van der Waals surface area contributed by atoms with Crippen molar-refractivity contribution in [1.29, 1.82) is 0 Å². The van der Waals surface area contributed by atoms with Gasteiger partial charge in [0.1, 0.15) is 0 Å². The Hall–Kier alpha value is -0.860. The van der Waals surface area contributed by atoms with Gasteiger partial charge in [-0.25, -0.2) is 0 Å². The van der Waals surface area contributed by atoms with Gasteiger partial charge in [0, 0.05) is 19.1 Å². The maximum atomic E-state index is 3.64. The first-order chi connectivity index (χ1) is 9.08. The average Bonchev–Trinajstić information content (AvgIpc) is 3.11. The van der Waals surface area contributed by atoms with Crippen LogP contribution < -0.4 is 5.32 Å². The third-order valence-electron chi connectivity index (χ3n) is 3.86. The van der Waals surface area contributed by atoms with Crippen LogP contribution in [0.25, 0.3) is 0 Å². The average molecular weight is 260 g/mol. The molecule has 0 heterocycles. The third-order valence-corrected chi connectivity index (χ3v) is 3.86. The second-order valence-electron chi connectivity index (χ2n) is 6.20. The van der Waals surface area contributed by atoms with Gasteiger partial charge in [0.25, 0.3) is 0 Å². The summed E-state index contributed by atoms with van der Waals surface area (Å²) < 4.78 is 0. The zero-order chi connectivity index (χ0) is 13.8. The van der Waals surface area contributed by atoms with Gasteiger partial charge in [0.2, 0.25) is 0 Å². The smallest absolute Gasteiger partial charge is 0.0449 e. The molecule has 0 aliphatic heterocycles. The van der Waals surface area contributed by atoms with Crippen molar-refractivity contribution in [2.75, 3.05) is 26.7 Å². The number of nitrogens with one attached hydrogen (secondary N) is 1. The minimum absolute atomic E-state index is 0.451. The second kappa shape index (κ2) is 6.53. The SMILES string of the molecule is CCNC(CN(C)CC1CC1)c1cc(C)cc(C)c1. The highest BCUT2D eigenvalue weighted by Crippen LogP contribution is 2.30. The molecule has 1 fully saturated rings. The molecule has 1 saturated carbocycles. The minimum Gasteiger partial charge on any atom is -0.309 e. The molecule has 1 unspecified atom stereocenters. The van der Waals surface area contributed by atoms with Gasteiger partial charge < -0.3 is 10.2 Å². The van der Waals surface area contributed by atoms with Crippen molar-refractivity contribution in [3.63, 3.8) is 0 Å². The van der Waals surface area contributed by atoms with Gasteiger partial charge in [-0.1, -0.05) is 36.2 Å². The van der Waals surface area contributed by atoms with E-state index in [9.17, 15) is 0 Å².